The van der Waals surface area contributed by atoms with E-state index in [2.05, 4.69) is 0 Å². The Morgan fingerprint density at radius 1 is 1.39 bits per heavy atom. The second-order valence-corrected chi connectivity index (χ2v) is 5.40. The van der Waals surface area contributed by atoms with Gasteiger partial charge < -0.3 is 9.80 Å². The van der Waals surface area contributed by atoms with Crippen LogP contribution in [0, 0.1) is 5.41 Å². The first-order valence-electron chi connectivity index (χ1n) is 6.72. The predicted octanol–water partition coefficient (Wildman–Crippen LogP) is 1.21. The molecule has 0 aromatic carbocycles. The van der Waals surface area contributed by atoms with Crippen molar-refractivity contribution >= 4 is 11.8 Å². The molecule has 0 bridgehead atoms. The topological polar surface area (TPSA) is 40.6 Å². The molecule has 18 heavy (non-hydrogen) atoms. The third kappa shape index (κ3) is 2.49. The van der Waals surface area contributed by atoms with Gasteiger partial charge in [0.05, 0.1) is 13.1 Å². The van der Waals surface area contributed by atoms with E-state index in [-0.39, 0.29) is 23.7 Å². The first-order valence-corrected chi connectivity index (χ1v) is 6.72. The molecule has 0 unspecified atom stereocenters. The number of hydrogen-bond donors (Lipinski definition) is 0. The lowest BCUT2D eigenvalue weighted by atomic mass is 9.77. The van der Waals surface area contributed by atoms with Crippen molar-refractivity contribution < 1.29 is 14.0 Å². The van der Waals surface area contributed by atoms with E-state index in [1.54, 1.807) is 4.90 Å². The molecule has 5 heteroatoms. The van der Waals surface area contributed by atoms with Crippen molar-refractivity contribution in [3.05, 3.63) is 0 Å². The van der Waals surface area contributed by atoms with Crippen LogP contribution in [0.4, 0.5) is 4.39 Å². The highest BCUT2D eigenvalue weighted by atomic mass is 19.1. The van der Waals surface area contributed by atoms with E-state index in [0.29, 0.717) is 19.5 Å². The molecule has 0 N–H and O–H groups in total. The summed E-state index contributed by atoms with van der Waals surface area (Å²) in [6.07, 6.45) is 2.35. The fourth-order valence-electron chi connectivity index (χ4n) is 3.07. The van der Waals surface area contributed by atoms with Crippen molar-refractivity contribution in [1.82, 2.24) is 9.80 Å². The van der Waals surface area contributed by atoms with Crippen LogP contribution < -0.4 is 0 Å². The summed E-state index contributed by atoms with van der Waals surface area (Å²) < 4.78 is 12.1. The molecule has 0 aromatic rings. The zero-order valence-corrected chi connectivity index (χ0v) is 11.0. The Hall–Kier alpha value is -1.13. The number of likely N-dealkylation sites (tertiary alicyclic amines) is 2. The molecule has 4 nitrogen and oxygen atoms in total. The molecule has 2 amide bonds. The minimum absolute atomic E-state index is 0.00693. The van der Waals surface area contributed by atoms with Crippen molar-refractivity contribution in [2.75, 3.05) is 32.9 Å². The number of piperidine rings is 1. The van der Waals surface area contributed by atoms with Crippen molar-refractivity contribution in [2.45, 2.75) is 32.6 Å². The van der Waals surface area contributed by atoms with Crippen LogP contribution in [0.1, 0.15) is 32.6 Å². The molecule has 0 saturated carbocycles. The molecule has 0 radical (unpaired) electrons. The van der Waals surface area contributed by atoms with E-state index >= 15 is 0 Å². The van der Waals surface area contributed by atoms with Gasteiger partial charge in [0.1, 0.15) is 0 Å². The van der Waals surface area contributed by atoms with Crippen LogP contribution in [0.5, 0.6) is 0 Å². The Morgan fingerprint density at radius 3 is 2.56 bits per heavy atom. The van der Waals surface area contributed by atoms with Gasteiger partial charge in [-0.3, -0.25) is 14.0 Å². The first-order chi connectivity index (χ1) is 8.60. The monoisotopic (exact) mass is 256 g/mol. The van der Waals surface area contributed by atoms with Gasteiger partial charge in [-0.15, -0.1) is 0 Å². The summed E-state index contributed by atoms with van der Waals surface area (Å²) in [7, 11) is 0. The lowest BCUT2D eigenvalue weighted by Gasteiger charge is -2.38. The molecule has 2 heterocycles. The standard InChI is InChI=1S/C13H21FN2O2/c1-2-15-10-13(9-12(15)18)4-7-16(8-5-13)11(17)3-6-14/h2-10H2,1H3. The van der Waals surface area contributed by atoms with Gasteiger partial charge in [-0.05, 0) is 19.8 Å². The lowest BCUT2D eigenvalue weighted by molar-refractivity contribution is -0.133. The summed E-state index contributed by atoms with van der Waals surface area (Å²) in [4.78, 5) is 27.0. The Labute approximate surface area is 107 Å². The van der Waals surface area contributed by atoms with Gasteiger partial charge in [-0.2, -0.15) is 0 Å². The van der Waals surface area contributed by atoms with Crippen molar-refractivity contribution in [2.24, 2.45) is 5.41 Å². The Bertz CT molecular complexity index is 338. The zero-order chi connectivity index (χ0) is 13.2. The third-order valence-electron chi connectivity index (χ3n) is 4.27. The highest BCUT2D eigenvalue weighted by molar-refractivity contribution is 5.80. The van der Waals surface area contributed by atoms with Crippen LogP contribution in [0.15, 0.2) is 0 Å². The van der Waals surface area contributed by atoms with E-state index in [1.165, 1.54) is 0 Å². The van der Waals surface area contributed by atoms with Gasteiger partial charge in [0.2, 0.25) is 11.8 Å². The normalized spacial score (nSPS) is 22.9. The summed E-state index contributed by atoms with van der Waals surface area (Å²) in [5.41, 5.74) is 0.0690. The molecule has 2 aliphatic heterocycles. The Kier molecular flexibility index (Phi) is 3.88. The molecular weight excluding hydrogens is 235 g/mol. The summed E-state index contributed by atoms with van der Waals surface area (Å²) in [6.45, 7) is 4.35. The molecule has 2 rings (SSSR count). The van der Waals surface area contributed by atoms with E-state index in [4.69, 9.17) is 0 Å². The highest BCUT2D eigenvalue weighted by Gasteiger charge is 2.44. The zero-order valence-electron chi connectivity index (χ0n) is 11.0. The van der Waals surface area contributed by atoms with E-state index < -0.39 is 6.67 Å². The van der Waals surface area contributed by atoms with Gasteiger partial charge >= 0.3 is 0 Å². The highest BCUT2D eigenvalue weighted by Crippen LogP contribution is 2.40. The fourth-order valence-corrected chi connectivity index (χ4v) is 3.07. The maximum atomic E-state index is 12.1. The summed E-state index contributed by atoms with van der Waals surface area (Å²) in [5, 5.41) is 0. The van der Waals surface area contributed by atoms with E-state index in [0.717, 1.165) is 25.9 Å². The molecule has 2 saturated heterocycles. The molecule has 2 fully saturated rings. The van der Waals surface area contributed by atoms with Crippen molar-refractivity contribution in [3.63, 3.8) is 0 Å². The van der Waals surface area contributed by atoms with E-state index in [1.807, 2.05) is 11.8 Å². The fraction of sp³-hybridized carbons (Fsp3) is 0.846. The van der Waals surface area contributed by atoms with Gasteiger partial charge in [-0.1, -0.05) is 0 Å². The number of rotatable bonds is 3. The number of amides is 2. The van der Waals surface area contributed by atoms with Crippen LogP contribution in [-0.2, 0) is 9.59 Å². The second-order valence-electron chi connectivity index (χ2n) is 5.40. The maximum Gasteiger partial charge on any atom is 0.225 e. The SMILES string of the molecule is CCN1CC2(CCN(C(=O)CCF)CC2)CC1=O. The molecular formula is C13H21FN2O2. The Morgan fingerprint density at radius 2 is 2.06 bits per heavy atom. The summed E-state index contributed by atoms with van der Waals surface area (Å²) in [6, 6.07) is 0. The number of alkyl halides is 1. The smallest absolute Gasteiger partial charge is 0.225 e. The number of halogens is 1. The lowest BCUT2D eigenvalue weighted by Crippen LogP contribution is -2.44. The predicted molar refractivity (Wildman–Crippen MR) is 65.7 cm³/mol. The maximum absolute atomic E-state index is 12.1. The number of carbonyl (C=O) groups is 2. The third-order valence-corrected chi connectivity index (χ3v) is 4.27. The molecule has 1 spiro atoms. The minimum atomic E-state index is -0.581. The van der Waals surface area contributed by atoms with Crippen LogP contribution in [0.25, 0.3) is 0 Å². The first kappa shape index (κ1) is 13.3. The van der Waals surface area contributed by atoms with Gasteiger partial charge in [0.15, 0.2) is 0 Å². The second kappa shape index (κ2) is 5.24. The van der Waals surface area contributed by atoms with Crippen LogP contribution in [0.3, 0.4) is 0 Å². The molecule has 2 aliphatic rings. The van der Waals surface area contributed by atoms with Crippen LogP contribution in [-0.4, -0.2) is 54.5 Å². The largest absolute Gasteiger partial charge is 0.343 e. The van der Waals surface area contributed by atoms with E-state index in [9.17, 15) is 14.0 Å². The summed E-state index contributed by atoms with van der Waals surface area (Å²) in [5.74, 6) is 0.144. The molecule has 0 aliphatic carbocycles. The summed E-state index contributed by atoms with van der Waals surface area (Å²) >= 11 is 0. The van der Waals surface area contributed by atoms with Crippen LogP contribution in [0.2, 0.25) is 0 Å². The average Bonchev–Trinajstić information content (AvgIpc) is 2.67. The average molecular weight is 256 g/mol. The Balaban J connectivity index is 1.91. The van der Waals surface area contributed by atoms with Crippen molar-refractivity contribution in [3.8, 4) is 0 Å². The minimum Gasteiger partial charge on any atom is -0.343 e. The number of carbonyl (C=O) groups excluding carboxylic acids is 2. The number of nitrogens with zero attached hydrogens (tertiary/aromatic N) is 2. The van der Waals surface area contributed by atoms with Gasteiger partial charge in [0.25, 0.3) is 0 Å². The number of hydrogen-bond acceptors (Lipinski definition) is 2. The van der Waals surface area contributed by atoms with Crippen LogP contribution >= 0.6 is 0 Å². The van der Waals surface area contributed by atoms with Gasteiger partial charge in [0, 0.05) is 38.0 Å². The van der Waals surface area contributed by atoms with Crippen molar-refractivity contribution in [1.29, 1.82) is 0 Å². The molecule has 0 aromatic heterocycles. The molecule has 0 atom stereocenters. The van der Waals surface area contributed by atoms with Gasteiger partial charge in [-0.25, -0.2) is 0 Å². The quantitative estimate of drug-likeness (QED) is 0.761. The molecule has 102 valence electrons.